The highest BCUT2D eigenvalue weighted by Crippen LogP contribution is 2.39. The van der Waals surface area contributed by atoms with E-state index in [1.54, 1.807) is 18.4 Å². The Bertz CT molecular complexity index is 452. The van der Waals surface area contributed by atoms with Gasteiger partial charge >= 0.3 is 0 Å². The normalized spacial score (nSPS) is 10.6. The van der Waals surface area contributed by atoms with Gasteiger partial charge in [0.25, 0.3) is 0 Å². The number of nitrogen functional groups attached to an aromatic ring is 1. The van der Waals surface area contributed by atoms with Gasteiger partial charge in [0.2, 0.25) is 0 Å². The van der Waals surface area contributed by atoms with Gasteiger partial charge in [0.1, 0.15) is 5.75 Å². The Balaban J connectivity index is 2.87. The highest BCUT2D eigenvalue weighted by Gasteiger charge is 2.10. The number of benzene rings is 1. The number of rotatable bonds is 1. The molecule has 2 aromatic rings. The van der Waals surface area contributed by atoms with Gasteiger partial charge in [0.15, 0.2) is 0 Å². The quantitative estimate of drug-likeness (QED) is 0.822. The molecule has 0 aliphatic rings. The summed E-state index contributed by atoms with van der Waals surface area (Å²) in [6.07, 6.45) is 0. The third-order valence-electron chi connectivity index (χ3n) is 1.89. The van der Waals surface area contributed by atoms with Crippen molar-refractivity contribution in [1.29, 1.82) is 0 Å². The number of hydrogen-bond donors (Lipinski definition) is 1. The van der Waals surface area contributed by atoms with Crippen LogP contribution in [0.25, 0.3) is 10.1 Å². The molecule has 0 aliphatic carbocycles. The summed E-state index contributed by atoms with van der Waals surface area (Å²) in [5.41, 5.74) is 6.77. The Morgan fingerprint density at radius 3 is 2.92 bits per heavy atom. The van der Waals surface area contributed by atoms with Crippen LogP contribution in [0, 0.1) is 2.88 Å². The van der Waals surface area contributed by atoms with Crippen LogP contribution in [0.3, 0.4) is 0 Å². The Morgan fingerprint density at radius 2 is 2.23 bits per heavy atom. The lowest BCUT2D eigenvalue weighted by Crippen LogP contribution is -1.87. The number of anilines is 1. The van der Waals surface area contributed by atoms with Gasteiger partial charge in [-0.1, -0.05) is 6.07 Å². The number of fused-ring (bicyclic) bond motifs is 1. The van der Waals surface area contributed by atoms with Crippen molar-refractivity contribution in [3.8, 4) is 5.75 Å². The number of nitrogens with two attached hydrogens (primary N) is 1. The molecule has 1 aromatic heterocycles. The van der Waals surface area contributed by atoms with E-state index in [4.69, 9.17) is 10.5 Å². The fourth-order valence-electron chi connectivity index (χ4n) is 1.28. The first-order valence-corrected chi connectivity index (χ1v) is 5.64. The summed E-state index contributed by atoms with van der Waals surface area (Å²) in [4.78, 5) is 0. The first kappa shape index (κ1) is 9.08. The molecule has 0 amide bonds. The molecule has 0 fully saturated rings. The summed E-state index contributed by atoms with van der Waals surface area (Å²) in [6.45, 7) is 0. The minimum Gasteiger partial charge on any atom is -0.496 e. The van der Waals surface area contributed by atoms with Gasteiger partial charge in [-0.05, 0) is 34.7 Å². The number of thiophene rings is 1. The second kappa shape index (κ2) is 3.34. The zero-order chi connectivity index (χ0) is 9.42. The van der Waals surface area contributed by atoms with Crippen molar-refractivity contribution in [1.82, 2.24) is 0 Å². The molecular formula is C9H8INOS. The Morgan fingerprint density at radius 1 is 1.46 bits per heavy atom. The van der Waals surface area contributed by atoms with E-state index >= 15 is 0 Å². The van der Waals surface area contributed by atoms with Crippen molar-refractivity contribution >= 4 is 49.7 Å². The van der Waals surface area contributed by atoms with Crippen LogP contribution in [0.1, 0.15) is 0 Å². The smallest absolute Gasteiger partial charge is 0.129 e. The molecule has 0 aliphatic heterocycles. The van der Waals surface area contributed by atoms with Crippen LogP contribution in [-0.4, -0.2) is 7.11 Å². The lowest BCUT2D eigenvalue weighted by atomic mass is 10.2. The average Bonchev–Trinajstić information content (AvgIpc) is 2.43. The van der Waals surface area contributed by atoms with Gasteiger partial charge in [-0.2, -0.15) is 0 Å². The number of halogens is 1. The minimum absolute atomic E-state index is 0.832. The molecule has 68 valence electrons. The zero-order valence-electron chi connectivity index (χ0n) is 7.00. The first-order chi connectivity index (χ1) is 6.24. The Labute approximate surface area is 93.8 Å². The van der Waals surface area contributed by atoms with Gasteiger partial charge in [0, 0.05) is 4.70 Å². The molecule has 0 spiro atoms. The summed E-state index contributed by atoms with van der Waals surface area (Å²) in [5.74, 6) is 0.856. The molecule has 2 nitrogen and oxygen atoms in total. The molecule has 2 rings (SSSR count). The van der Waals surface area contributed by atoms with E-state index in [-0.39, 0.29) is 0 Å². The minimum atomic E-state index is 0.832. The predicted molar refractivity (Wildman–Crippen MR) is 65.5 cm³/mol. The van der Waals surface area contributed by atoms with Crippen molar-refractivity contribution in [2.45, 2.75) is 0 Å². The third-order valence-corrected chi connectivity index (χ3v) is 4.09. The standard InChI is InChI=1S/C9H8INOS/c1-12-5-3-2-4-6-7(5)8(11)9(10)13-6/h2-4H,11H2,1H3. The first-order valence-electron chi connectivity index (χ1n) is 3.74. The zero-order valence-corrected chi connectivity index (χ0v) is 9.98. The molecule has 2 N–H and O–H groups in total. The average molecular weight is 305 g/mol. The molecule has 1 heterocycles. The second-order valence-corrected chi connectivity index (χ2v) is 5.49. The summed E-state index contributed by atoms with van der Waals surface area (Å²) < 4.78 is 7.55. The highest BCUT2D eigenvalue weighted by molar-refractivity contribution is 14.1. The second-order valence-electron chi connectivity index (χ2n) is 2.62. The van der Waals surface area contributed by atoms with Crippen LogP contribution in [0.15, 0.2) is 18.2 Å². The molecule has 0 atom stereocenters. The fourth-order valence-corrected chi connectivity index (χ4v) is 3.13. The molecule has 0 bridgehead atoms. The van der Waals surface area contributed by atoms with Crippen LogP contribution in [0.2, 0.25) is 0 Å². The lowest BCUT2D eigenvalue weighted by Gasteiger charge is -2.01. The van der Waals surface area contributed by atoms with Crippen LogP contribution in [-0.2, 0) is 0 Å². The van der Waals surface area contributed by atoms with E-state index in [1.165, 1.54) is 4.70 Å². The summed E-state index contributed by atoms with van der Waals surface area (Å²) in [6, 6.07) is 5.97. The van der Waals surface area contributed by atoms with Crippen molar-refractivity contribution in [2.24, 2.45) is 0 Å². The van der Waals surface area contributed by atoms with Gasteiger partial charge < -0.3 is 10.5 Å². The molecular weight excluding hydrogens is 297 g/mol. The molecule has 4 heteroatoms. The third kappa shape index (κ3) is 1.38. The topological polar surface area (TPSA) is 35.2 Å². The Hall–Kier alpha value is -0.490. The molecule has 1 aromatic carbocycles. The maximum Gasteiger partial charge on any atom is 0.129 e. The molecule has 0 radical (unpaired) electrons. The number of ether oxygens (including phenoxy) is 1. The molecule has 13 heavy (non-hydrogen) atoms. The monoisotopic (exact) mass is 305 g/mol. The van der Waals surface area contributed by atoms with Crippen molar-refractivity contribution in [3.63, 3.8) is 0 Å². The lowest BCUT2D eigenvalue weighted by molar-refractivity contribution is 0.420. The van der Waals surface area contributed by atoms with E-state index in [1.807, 2.05) is 12.1 Å². The maximum atomic E-state index is 5.94. The SMILES string of the molecule is COc1cccc2sc(I)c(N)c12. The summed E-state index contributed by atoms with van der Waals surface area (Å²) in [7, 11) is 1.67. The van der Waals surface area contributed by atoms with E-state index < -0.39 is 0 Å². The van der Waals surface area contributed by atoms with Crippen LogP contribution >= 0.6 is 33.9 Å². The number of methoxy groups -OCH3 is 1. The van der Waals surface area contributed by atoms with E-state index in [0.29, 0.717) is 0 Å². The Kier molecular flexibility index (Phi) is 2.33. The van der Waals surface area contributed by atoms with Gasteiger partial charge in [0.05, 0.1) is 21.1 Å². The highest BCUT2D eigenvalue weighted by atomic mass is 127. The van der Waals surface area contributed by atoms with E-state index in [2.05, 4.69) is 28.7 Å². The van der Waals surface area contributed by atoms with Gasteiger partial charge in [-0.15, -0.1) is 11.3 Å². The van der Waals surface area contributed by atoms with Crippen LogP contribution in [0.4, 0.5) is 5.69 Å². The summed E-state index contributed by atoms with van der Waals surface area (Å²) in [5, 5.41) is 1.04. The van der Waals surface area contributed by atoms with E-state index in [9.17, 15) is 0 Å². The van der Waals surface area contributed by atoms with Gasteiger partial charge in [-0.25, -0.2) is 0 Å². The fraction of sp³-hybridized carbons (Fsp3) is 0.111. The molecule has 0 saturated carbocycles. The summed E-state index contributed by atoms with van der Waals surface area (Å²) >= 11 is 3.94. The van der Waals surface area contributed by atoms with Crippen molar-refractivity contribution in [3.05, 3.63) is 21.1 Å². The van der Waals surface area contributed by atoms with Crippen molar-refractivity contribution < 1.29 is 4.74 Å². The van der Waals surface area contributed by atoms with Crippen LogP contribution in [0.5, 0.6) is 5.75 Å². The maximum absolute atomic E-state index is 5.94. The largest absolute Gasteiger partial charge is 0.496 e. The van der Waals surface area contributed by atoms with Crippen LogP contribution < -0.4 is 10.5 Å². The number of hydrogen-bond acceptors (Lipinski definition) is 3. The molecule has 0 unspecified atom stereocenters. The van der Waals surface area contributed by atoms with Crippen molar-refractivity contribution in [2.75, 3.05) is 12.8 Å². The van der Waals surface area contributed by atoms with E-state index in [0.717, 1.165) is 19.7 Å². The van der Waals surface area contributed by atoms with Gasteiger partial charge in [-0.3, -0.25) is 0 Å². The molecule has 0 saturated heterocycles. The predicted octanol–water partition coefficient (Wildman–Crippen LogP) is 3.10.